The van der Waals surface area contributed by atoms with Gasteiger partial charge in [-0.2, -0.15) is 26.3 Å². The van der Waals surface area contributed by atoms with E-state index in [4.69, 9.17) is 4.74 Å². The molecule has 4 saturated carbocycles. The number of rotatable bonds is 7. The number of carbonyl (C=O) groups is 3. The minimum atomic E-state index is -6.64. The van der Waals surface area contributed by atoms with Crippen molar-refractivity contribution in [3.8, 4) is 0 Å². The molecule has 29 heavy (non-hydrogen) atoms. The van der Waals surface area contributed by atoms with E-state index in [-0.39, 0.29) is 11.8 Å². The molecule has 0 aliphatic heterocycles. The molecule has 0 unspecified atom stereocenters. The summed E-state index contributed by atoms with van der Waals surface area (Å²) in [5.41, 5.74) is 0. The Morgan fingerprint density at radius 2 is 1.31 bits per heavy atom. The molecule has 4 fully saturated rings. The molecule has 0 aromatic carbocycles. The molecule has 6 nitrogen and oxygen atoms in total. The molecule has 0 amide bonds. The predicted molar refractivity (Wildman–Crippen MR) is 77.7 cm³/mol. The van der Waals surface area contributed by atoms with Crippen LogP contribution in [0.25, 0.3) is 0 Å². The summed E-state index contributed by atoms with van der Waals surface area (Å²) in [5, 5.41) is 10.0. The fourth-order valence-electron chi connectivity index (χ4n) is 4.92. The van der Waals surface area contributed by atoms with Crippen molar-refractivity contribution < 1.29 is 55.3 Å². The first-order chi connectivity index (χ1) is 13.3. The minimum Gasteiger partial charge on any atom is -0.544 e. The highest BCUT2D eigenvalue weighted by Crippen LogP contribution is 2.54. The molecular formula is C17H17F6O6-. The summed E-state index contributed by atoms with van der Waals surface area (Å²) in [4.78, 5) is 33.1. The van der Waals surface area contributed by atoms with Gasteiger partial charge in [0.05, 0.1) is 0 Å². The normalized spacial score (nSPS) is 31.4. The summed E-state index contributed by atoms with van der Waals surface area (Å²) in [7, 11) is 0. The second kappa shape index (κ2) is 7.05. The van der Waals surface area contributed by atoms with Crippen molar-refractivity contribution in [3.05, 3.63) is 0 Å². The maximum Gasteiger partial charge on any atom is 0.411 e. The lowest BCUT2D eigenvalue weighted by Crippen LogP contribution is -2.64. The number of halogens is 6. The standard InChI is InChI=1S/C17H18F6O6/c18-15(19,13(25)26)17(22,23)16(20,21)14(27)28-6-11(24)29-12-9-2-7-1-8(4-9)5-10(12)3-7/h7-10,12H,1-6H2,(H,25,26)/p-1. The van der Waals surface area contributed by atoms with E-state index in [2.05, 4.69) is 4.74 Å². The molecule has 12 heteroatoms. The smallest absolute Gasteiger partial charge is 0.411 e. The number of carboxylic acids is 1. The number of carboxylic acid groups (broad SMARTS) is 1. The van der Waals surface area contributed by atoms with Gasteiger partial charge in [0.15, 0.2) is 6.61 Å². The zero-order valence-corrected chi connectivity index (χ0v) is 14.8. The maximum atomic E-state index is 13.4. The molecule has 4 bridgehead atoms. The fourth-order valence-corrected chi connectivity index (χ4v) is 4.92. The maximum absolute atomic E-state index is 13.4. The van der Waals surface area contributed by atoms with Crippen LogP contribution in [0.3, 0.4) is 0 Å². The lowest BCUT2D eigenvalue weighted by atomic mass is 9.55. The van der Waals surface area contributed by atoms with Crippen molar-refractivity contribution in [2.24, 2.45) is 23.7 Å². The monoisotopic (exact) mass is 431 g/mol. The van der Waals surface area contributed by atoms with Crippen LogP contribution in [0.5, 0.6) is 0 Å². The fraction of sp³-hybridized carbons (Fsp3) is 0.824. The van der Waals surface area contributed by atoms with Crippen molar-refractivity contribution in [1.29, 1.82) is 0 Å². The first kappa shape index (κ1) is 21.7. The van der Waals surface area contributed by atoms with Crippen molar-refractivity contribution in [2.45, 2.75) is 56.0 Å². The SMILES string of the molecule is O=C(COC(=O)C(F)(F)C(F)(F)C(F)(F)C(=O)[O-])OC1C2CC3CC(C2)CC1C3. The summed E-state index contributed by atoms with van der Waals surface area (Å²) in [6, 6.07) is 0. The summed E-state index contributed by atoms with van der Waals surface area (Å²) < 4.78 is 88.0. The summed E-state index contributed by atoms with van der Waals surface area (Å²) in [6.07, 6.45) is 3.98. The number of alkyl halides is 6. The average molecular weight is 431 g/mol. The van der Waals surface area contributed by atoms with Gasteiger partial charge < -0.3 is 19.4 Å². The quantitative estimate of drug-likeness (QED) is 0.449. The largest absolute Gasteiger partial charge is 0.544 e. The van der Waals surface area contributed by atoms with E-state index in [1.165, 1.54) is 0 Å². The Hall–Kier alpha value is -2.01. The van der Waals surface area contributed by atoms with Gasteiger partial charge in [-0.3, -0.25) is 0 Å². The van der Waals surface area contributed by atoms with Crippen LogP contribution in [0.15, 0.2) is 0 Å². The van der Waals surface area contributed by atoms with Gasteiger partial charge in [-0.25, -0.2) is 9.59 Å². The molecule has 0 atom stereocenters. The van der Waals surface area contributed by atoms with Gasteiger partial charge >= 0.3 is 29.7 Å². The summed E-state index contributed by atoms with van der Waals surface area (Å²) >= 11 is 0. The van der Waals surface area contributed by atoms with Crippen LogP contribution in [0, 0.1) is 23.7 Å². The van der Waals surface area contributed by atoms with Crippen LogP contribution in [0.1, 0.15) is 32.1 Å². The molecule has 0 aromatic rings. The molecule has 0 spiro atoms. The number of hydrogen-bond acceptors (Lipinski definition) is 6. The second-order valence-electron chi connectivity index (χ2n) is 7.97. The van der Waals surface area contributed by atoms with Gasteiger partial charge in [0, 0.05) is 0 Å². The topological polar surface area (TPSA) is 92.7 Å². The van der Waals surface area contributed by atoms with Crippen LogP contribution in [-0.4, -0.2) is 48.4 Å². The Labute approximate surface area is 160 Å². The summed E-state index contributed by atoms with van der Waals surface area (Å²) in [5.74, 6) is -26.2. The molecule has 0 radical (unpaired) electrons. The lowest BCUT2D eigenvalue weighted by molar-refractivity contribution is -0.366. The Kier molecular flexibility index (Phi) is 5.27. The first-order valence-electron chi connectivity index (χ1n) is 8.99. The van der Waals surface area contributed by atoms with Gasteiger partial charge in [-0.15, -0.1) is 0 Å². The second-order valence-corrected chi connectivity index (χ2v) is 7.97. The number of carbonyl (C=O) groups excluding carboxylic acids is 3. The van der Waals surface area contributed by atoms with Crippen LogP contribution >= 0.6 is 0 Å². The van der Waals surface area contributed by atoms with Crippen LogP contribution in [0.2, 0.25) is 0 Å². The zero-order chi connectivity index (χ0) is 21.8. The van der Waals surface area contributed by atoms with E-state index >= 15 is 0 Å². The number of hydrogen-bond donors (Lipinski definition) is 0. The van der Waals surface area contributed by atoms with E-state index in [0.29, 0.717) is 11.8 Å². The average Bonchev–Trinajstić information content (AvgIpc) is 2.61. The third kappa shape index (κ3) is 3.54. The first-order valence-corrected chi connectivity index (χ1v) is 8.99. The highest BCUT2D eigenvalue weighted by atomic mass is 19.3. The van der Waals surface area contributed by atoms with Crippen LogP contribution in [0.4, 0.5) is 26.3 Å². The van der Waals surface area contributed by atoms with E-state index < -0.39 is 48.4 Å². The highest BCUT2D eigenvalue weighted by molar-refractivity contribution is 5.84. The Morgan fingerprint density at radius 1 is 0.828 bits per heavy atom. The van der Waals surface area contributed by atoms with Gasteiger partial charge in [0.2, 0.25) is 0 Å². The third-order valence-electron chi connectivity index (χ3n) is 6.03. The minimum absolute atomic E-state index is 0.0819. The Morgan fingerprint density at radius 3 is 1.76 bits per heavy atom. The Balaban J connectivity index is 1.57. The molecular weight excluding hydrogens is 414 g/mol. The van der Waals surface area contributed by atoms with E-state index in [1.54, 1.807) is 0 Å². The van der Waals surface area contributed by atoms with Crippen molar-refractivity contribution >= 4 is 17.9 Å². The number of aliphatic carboxylic acids is 1. The van der Waals surface area contributed by atoms with E-state index in [0.717, 1.165) is 32.1 Å². The van der Waals surface area contributed by atoms with Gasteiger partial charge in [0.25, 0.3) is 0 Å². The summed E-state index contributed by atoms with van der Waals surface area (Å²) in [6.45, 7) is -1.50. The molecule has 0 heterocycles. The molecule has 0 N–H and O–H groups in total. The van der Waals surface area contributed by atoms with Gasteiger partial charge in [-0.05, 0) is 55.8 Å². The highest BCUT2D eigenvalue weighted by Gasteiger charge is 2.76. The molecule has 0 saturated heterocycles. The predicted octanol–water partition coefficient (Wildman–Crippen LogP) is 1.55. The molecule has 4 rings (SSSR count). The third-order valence-corrected chi connectivity index (χ3v) is 6.03. The van der Waals surface area contributed by atoms with Crippen molar-refractivity contribution in [3.63, 3.8) is 0 Å². The molecule has 4 aliphatic rings. The molecule has 164 valence electrons. The van der Waals surface area contributed by atoms with E-state index in [1.807, 2.05) is 0 Å². The number of ether oxygens (including phenoxy) is 2. The van der Waals surface area contributed by atoms with Crippen molar-refractivity contribution in [2.75, 3.05) is 6.61 Å². The van der Waals surface area contributed by atoms with Crippen LogP contribution < -0.4 is 5.11 Å². The van der Waals surface area contributed by atoms with Gasteiger partial charge in [0.1, 0.15) is 12.1 Å². The van der Waals surface area contributed by atoms with Crippen molar-refractivity contribution in [1.82, 2.24) is 0 Å². The zero-order valence-electron chi connectivity index (χ0n) is 14.8. The Bertz CT molecular complexity index is 681. The van der Waals surface area contributed by atoms with Gasteiger partial charge in [-0.1, -0.05) is 0 Å². The van der Waals surface area contributed by atoms with Crippen LogP contribution in [-0.2, 0) is 23.9 Å². The molecule has 4 aliphatic carbocycles. The molecule has 0 aromatic heterocycles. The lowest BCUT2D eigenvalue weighted by Gasteiger charge is -2.53. The number of esters is 2. The van der Waals surface area contributed by atoms with E-state index in [9.17, 15) is 45.8 Å².